The topological polar surface area (TPSA) is 32.3 Å². The zero-order chi connectivity index (χ0) is 15.9. The number of amides is 1. The molecule has 1 saturated heterocycles. The van der Waals surface area contributed by atoms with Crippen molar-refractivity contribution in [1.82, 2.24) is 10.2 Å². The smallest absolute Gasteiger partial charge is 0.230 e. The fourth-order valence-electron chi connectivity index (χ4n) is 3.32. The maximum Gasteiger partial charge on any atom is 0.230 e. The summed E-state index contributed by atoms with van der Waals surface area (Å²) in [5.74, 6) is 2.24. The Morgan fingerprint density at radius 2 is 1.77 bits per heavy atom. The van der Waals surface area contributed by atoms with Gasteiger partial charge in [-0.05, 0) is 35.6 Å². The molecule has 1 aliphatic heterocycles. The maximum absolute atomic E-state index is 11.5. The van der Waals surface area contributed by atoms with Gasteiger partial charge in [0.1, 0.15) is 0 Å². The molecule has 1 amide bonds. The number of hydrogen-bond donors (Lipinski definition) is 1. The van der Waals surface area contributed by atoms with Gasteiger partial charge in [-0.25, -0.2) is 0 Å². The van der Waals surface area contributed by atoms with Crippen LogP contribution in [-0.2, 0) is 17.9 Å². The maximum atomic E-state index is 11.5. The van der Waals surface area contributed by atoms with E-state index in [1.165, 1.54) is 30.6 Å². The van der Waals surface area contributed by atoms with Crippen LogP contribution < -0.4 is 5.32 Å². The lowest BCUT2D eigenvalue weighted by Gasteiger charge is -2.35. The fraction of sp³-hybridized carbons (Fsp3) is 0.611. The van der Waals surface area contributed by atoms with Gasteiger partial charge in [-0.3, -0.25) is 9.69 Å². The zero-order valence-electron chi connectivity index (χ0n) is 14.0. The highest BCUT2D eigenvalue weighted by molar-refractivity contribution is 7.99. The van der Waals surface area contributed by atoms with E-state index >= 15 is 0 Å². The number of nitrogens with zero attached hydrogens (tertiary/aromatic N) is 1. The lowest BCUT2D eigenvalue weighted by Crippen LogP contribution is -2.38. The van der Waals surface area contributed by atoms with Crippen molar-refractivity contribution >= 4 is 17.7 Å². The standard InChI is InChI=1S/C18H28N2OS/c1-14-8-15(2)11-20(10-14)12-17-6-4-16(5-7-17)9-19-18(21)13-22-3/h4-7,14-15H,8-13H2,1-3H3,(H,19,21)/t14-,15-/m0/s1. The second-order valence-corrected chi connectivity index (χ2v) is 7.53. The van der Waals surface area contributed by atoms with Gasteiger partial charge in [0.15, 0.2) is 0 Å². The van der Waals surface area contributed by atoms with E-state index < -0.39 is 0 Å². The Morgan fingerprint density at radius 3 is 2.36 bits per heavy atom. The third kappa shape index (κ3) is 5.65. The molecule has 2 atom stereocenters. The second kappa shape index (κ2) is 8.59. The van der Waals surface area contributed by atoms with E-state index in [4.69, 9.17) is 0 Å². The second-order valence-electron chi connectivity index (χ2n) is 6.67. The Balaban J connectivity index is 1.82. The molecule has 1 aromatic carbocycles. The number of benzene rings is 1. The highest BCUT2D eigenvalue weighted by Crippen LogP contribution is 2.22. The van der Waals surface area contributed by atoms with Gasteiger partial charge in [-0.15, -0.1) is 0 Å². The molecule has 2 rings (SSSR count). The van der Waals surface area contributed by atoms with Crippen LogP contribution >= 0.6 is 11.8 Å². The first-order valence-electron chi connectivity index (χ1n) is 8.12. The average molecular weight is 321 g/mol. The minimum Gasteiger partial charge on any atom is -0.351 e. The van der Waals surface area contributed by atoms with Crippen molar-refractivity contribution in [3.8, 4) is 0 Å². The highest BCUT2D eigenvalue weighted by atomic mass is 32.2. The number of rotatable bonds is 6. The van der Waals surface area contributed by atoms with Crippen LogP contribution in [0.5, 0.6) is 0 Å². The van der Waals surface area contributed by atoms with Crippen molar-refractivity contribution in [1.29, 1.82) is 0 Å². The molecule has 0 aliphatic carbocycles. The normalized spacial score (nSPS) is 22.5. The predicted molar refractivity (Wildman–Crippen MR) is 94.9 cm³/mol. The van der Waals surface area contributed by atoms with E-state index in [2.05, 4.69) is 48.3 Å². The van der Waals surface area contributed by atoms with Gasteiger partial charge in [-0.1, -0.05) is 38.1 Å². The largest absolute Gasteiger partial charge is 0.351 e. The molecule has 0 aromatic heterocycles. The van der Waals surface area contributed by atoms with E-state index in [1.807, 2.05) is 6.26 Å². The molecule has 1 N–H and O–H groups in total. The number of carbonyl (C=O) groups is 1. The Labute approximate surface area is 138 Å². The molecule has 1 aliphatic rings. The number of nitrogens with one attached hydrogen (secondary N) is 1. The number of carbonyl (C=O) groups excluding carboxylic acids is 1. The van der Waals surface area contributed by atoms with Crippen molar-refractivity contribution in [2.24, 2.45) is 11.8 Å². The Kier molecular flexibility index (Phi) is 6.77. The molecule has 0 saturated carbocycles. The minimum atomic E-state index is 0.105. The summed E-state index contributed by atoms with van der Waals surface area (Å²) in [5.41, 5.74) is 2.53. The summed E-state index contributed by atoms with van der Waals surface area (Å²) in [7, 11) is 0. The number of thioether (sulfide) groups is 1. The molecule has 4 heteroatoms. The average Bonchev–Trinajstić information content (AvgIpc) is 2.46. The molecule has 0 unspecified atom stereocenters. The van der Waals surface area contributed by atoms with Crippen LogP contribution in [0.4, 0.5) is 0 Å². The van der Waals surface area contributed by atoms with Gasteiger partial charge in [-0.2, -0.15) is 11.8 Å². The van der Waals surface area contributed by atoms with Gasteiger partial charge >= 0.3 is 0 Å². The van der Waals surface area contributed by atoms with Crippen LogP contribution in [0.25, 0.3) is 0 Å². The van der Waals surface area contributed by atoms with Gasteiger partial charge in [0.2, 0.25) is 5.91 Å². The highest BCUT2D eigenvalue weighted by Gasteiger charge is 2.21. The van der Waals surface area contributed by atoms with E-state index in [0.717, 1.165) is 18.4 Å². The van der Waals surface area contributed by atoms with Crippen molar-refractivity contribution in [3.05, 3.63) is 35.4 Å². The van der Waals surface area contributed by atoms with Crippen LogP contribution in [0.3, 0.4) is 0 Å². The minimum absolute atomic E-state index is 0.105. The van der Waals surface area contributed by atoms with Crippen molar-refractivity contribution in [2.75, 3.05) is 25.1 Å². The lowest BCUT2D eigenvalue weighted by atomic mass is 9.91. The first-order chi connectivity index (χ1) is 10.6. The zero-order valence-corrected chi connectivity index (χ0v) is 14.8. The van der Waals surface area contributed by atoms with Gasteiger partial charge < -0.3 is 5.32 Å². The molecule has 0 spiro atoms. The quantitative estimate of drug-likeness (QED) is 0.874. The molecule has 0 radical (unpaired) electrons. The molecule has 22 heavy (non-hydrogen) atoms. The summed E-state index contributed by atoms with van der Waals surface area (Å²) in [4.78, 5) is 14.0. The van der Waals surface area contributed by atoms with E-state index in [1.54, 1.807) is 11.8 Å². The van der Waals surface area contributed by atoms with E-state index in [9.17, 15) is 4.79 Å². The molecule has 1 fully saturated rings. The first kappa shape index (κ1) is 17.4. The molecular weight excluding hydrogens is 292 g/mol. The van der Waals surface area contributed by atoms with Crippen molar-refractivity contribution < 1.29 is 4.79 Å². The fourth-order valence-corrected chi connectivity index (χ4v) is 3.69. The lowest BCUT2D eigenvalue weighted by molar-refractivity contribution is -0.118. The Morgan fingerprint density at radius 1 is 1.18 bits per heavy atom. The van der Waals surface area contributed by atoms with Gasteiger partial charge in [0, 0.05) is 26.2 Å². The van der Waals surface area contributed by atoms with Crippen molar-refractivity contribution in [2.45, 2.75) is 33.4 Å². The predicted octanol–water partition coefficient (Wildman–Crippen LogP) is 3.14. The van der Waals surface area contributed by atoms with E-state index in [0.29, 0.717) is 12.3 Å². The summed E-state index contributed by atoms with van der Waals surface area (Å²) in [6.45, 7) is 8.77. The monoisotopic (exact) mass is 320 g/mol. The van der Waals surface area contributed by atoms with E-state index in [-0.39, 0.29) is 5.91 Å². The molecule has 0 bridgehead atoms. The van der Waals surface area contributed by atoms with Crippen LogP contribution in [0.15, 0.2) is 24.3 Å². The molecule has 1 aromatic rings. The molecule has 122 valence electrons. The molecular formula is C18H28N2OS. The van der Waals surface area contributed by atoms with Crippen molar-refractivity contribution in [3.63, 3.8) is 0 Å². The molecule has 3 nitrogen and oxygen atoms in total. The van der Waals surface area contributed by atoms with Gasteiger partial charge in [0.05, 0.1) is 5.75 Å². The number of hydrogen-bond acceptors (Lipinski definition) is 3. The summed E-state index contributed by atoms with van der Waals surface area (Å²) in [5, 5.41) is 2.94. The Bertz CT molecular complexity index is 464. The van der Waals surface area contributed by atoms with Crippen LogP contribution in [0.1, 0.15) is 31.4 Å². The SMILES string of the molecule is CSCC(=O)NCc1ccc(CN2C[C@@H](C)C[C@H](C)C2)cc1. The number of piperidine rings is 1. The summed E-state index contributed by atoms with van der Waals surface area (Å²) in [6, 6.07) is 8.65. The summed E-state index contributed by atoms with van der Waals surface area (Å²) in [6.07, 6.45) is 3.29. The summed E-state index contributed by atoms with van der Waals surface area (Å²) >= 11 is 1.55. The third-order valence-corrected chi connectivity index (χ3v) is 4.69. The number of likely N-dealkylation sites (tertiary alicyclic amines) is 1. The van der Waals surface area contributed by atoms with Gasteiger partial charge in [0.25, 0.3) is 0 Å². The third-order valence-electron chi connectivity index (χ3n) is 4.14. The molecule has 1 heterocycles. The van der Waals surface area contributed by atoms with Crippen LogP contribution in [0, 0.1) is 11.8 Å². The summed E-state index contributed by atoms with van der Waals surface area (Å²) < 4.78 is 0. The van der Waals surface area contributed by atoms with Crippen LogP contribution in [0.2, 0.25) is 0 Å². The van der Waals surface area contributed by atoms with Crippen LogP contribution in [-0.4, -0.2) is 35.9 Å². The Hall–Kier alpha value is -1.00. The first-order valence-corrected chi connectivity index (χ1v) is 9.52.